The van der Waals surface area contributed by atoms with Gasteiger partial charge < -0.3 is 15.5 Å². The molecule has 0 unspecified atom stereocenters. The van der Waals surface area contributed by atoms with Crippen molar-refractivity contribution in [3.63, 3.8) is 0 Å². The maximum atomic E-state index is 8.74. The van der Waals surface area contributed by atoms with Crippen molar-refractivity contribution in [3.8, 4) is 0 Å². The third-order valence-electron chi connectivity index (χ3n) is 6.02. The lowest BCUT2D eigenvalue weighted by atomic mass is 10.0. The minimum atomic E-state index is 0.361. The maximum Gasteiger partial charge on any atom is 0.0431 e. The van der Waals surface area contributed by atoms with Crippen molar-refractivity contribution in [1.82, 2.24) is 5.32 Å². The Kier molecular flexibility index (Phi) is 27.8. The van der Waals surface area contributed by atoms with Crippen LogP contribution in [0, 0.1) is 0 Å². The Bertz CT molecular complexity index is 247. The Balaban J connectivity index is 2.97. The summed E-state index contributed by atoms with van der Waals surface area (Å²) in [6.07, 6.45) is 29.3. The fraction of sp³-hybridized carbons (Fsp3) is 1.00. The van der Waals surface area contributed by atoms with Crippen molar-refractivity contribution in [2.75, 3.05) is 26.3 Å². The summed E-state index contributed by atoms with van der Waals surface area (Å²) in [5.41, 5.74) is 0. The molecule has 0 aromatic carbocycles. The summed E-state index contributed by atoms with van der Waals surface area (Å²) in [6, 6.07) is 0. The molecular weight excluding hydrogens is 358 g/mol. The molecule has 3 nitrogen and oxygen atoms in total. The molecule has 0 saturated carbocycles. The van der Waals surface area contributed by atoms with Crippen molar-refractivity contribution in [3.05, 3.63) is 0 Å². The molecule has 176 valence electrons. The third-order valence-corrected chi connectivity index (χ3v) is 6.02. The highest BCUT2D eigenvalue weighted by molar-refractivity contribution is 4.53. The van der Waals surface area contributed by atoms with E-state index in [2.05, 4.69) is 5.32 Å². The molecule has 0 aliphatic heterocycles. The molecule has 0 aliphatic carbocycles. The molecule has 0 radical (unpaired) electrons. The number of unbranched alkanes of at least 4 members (excludes halogenated alkanes) is 20. The van der Waals surface area contributed by atoms with Crippen LogP contribution >= 0.6 is 0 Å². The molecule has 0 saturated heterocycles. The lowest BCUT2D eigenvalue weighted by Gasteiger charge is -2.06. The van der Waals surface area contributed by atoms with Crippen LogP contribution in [0.3, 0.4) is 0 Å². The van der Waals surface area contributed by atoms with Crippen LogP contribution in [0.25, 0.3) is 0 Å². The number of aliphatic hydroxyl groups is 2. The molecule has 3 heteroatoms. The van der Waals surface area contributed by atoms with Crippen LogP contribution in [-0.2, 0) is 0 Å². The predicted molar refractivity (Wildman–Crippen MR) is 129 cm³/mol. The molecule has 0 atom stereocenters. The van der Waals surface area contributed by atoms with Gasteiger partial charge in [0, 0.05) is 13.2 Å². The van der Waals surface area contributed by atoms with Crippen LogP contribution in [0.1, 0.15) is 141 Å². The normalized spacial score (nSPS) is 11.4. The second-order valence-electron chi connectivity index (χ2n) is 8.98. The van der Waals surface area contributed by atoms with E-state index >= 15 is 0 Å². The van der Waals surface area contributed by atoms with E-state index in [0.717, 1.165) is 12.8 Å². The summed E-state index contributed by atoms with van der Waals surface area (Å²) in [7, 11) is 0. The summed E-state index contributed by atoms with van der Waals surface area (Å²) < 4.78 is 0. The number of hydrogen-bond acceptors (Lipinski definition) is 3. The lowest BCUT2D eigenvalue weighted by molar-refractivity contribution is 0.282. The van der Waals surface area contributed by atoms with Gasteiger partial charge in [-0.1, -0.05) is 116 Å². The zero-order valence-corrected chi connectivity index (χ0v) is 19.8. The van der Waals surface area contributed by atoms with Crippen molar-refractivity contribution < 1.29 is 10.2 Å². The molecule has 3 N–H and O–H groups in total. The van der Waals surface area contributed by atoms with Gasteiger partial charge in [-0.15, -0.1) is 0 Å². The van der Waals surface area contributed by atoms with E-state index in [1.165, 1.54) is 142 Å². The zero-order chi connectivity index (χ0) is 21.1. The van der Waals surface area contributed by atoms with Gasteiger partial charge in [0.15, 0.2) is 0 Å². The SMILES string of the molecule is OCCCCCCCCCCCCCCCCNCCCCCCCCCCO. The number of nitrogens with one attached hydrogen (secondary N) is 1. The van der Waals surface area contributed by atoms with Crippen molar-refractivity contribution in [2.45, 2.75) is 141 Å². The maximum absolute atomic E-state index is 8.74. The van der Waals surface area contributed by atoms with E-state index in [9.17, 15) is 0 Å². The predicted octanol–water partition coefficient (Wildman–Crippen LogP) is 7.14. The molecule has 0 aliphatic rings. The highest BCUT2D eigenvalue weighted by Crippen LogP contribution is 2.13. The zero-order valence-electron chi connectivity index (χ0n) is 19.8. The van der Waals surface area contributed by atoms with Crippen molar-refractivity contribution in [1.29, 1.82) is 0 Å². The standard InChI is InChI=1S/C26H55NO2/c28-25-21-17-13-9-6-4-2-1-3-5-7-11-15-19-23-27-24-20-16-12-8-10-14-18-22-26-29/h27-29H,1-26H2. The first-order chi connectivity index (χ1) is 14.4. The molecular formula is C26H55NO2. The Morgan fingerprint density at radius 1 is 0.276 bits per heavy atom. The highest BCUT2D eigenvalue weighted by Gasteiger charge is 1.95. The molecule has 0 spiro atoms. The van der Waals surface area contributed by atoms with Gasteiger partial charge in [0.05, 0.1) is 0 Å². The van der Waals surface area contributed by atoms with Crippen LogP contribution < -0.4 is 5.32 Å². The quantitative estimate of drug-likeness (QED) is 0.132. The van der Waals surface area contributed by atoms with Crippen LogP contribution in [0.15, 0.2) is 0 Å². The largest absolute Gasteiger partial charge is 0.396 e. The summed E-state index contributed by atoms with van der Waals surface area (Å²) >= 11 is 0. The van der Waals surface area contributed by atoms with E-state index in [4.69, 9.17) is 10.2 Å². The Labute approximate surface area is 183 Å². The fourth-order valence-corrected chi connectivity index (χ4v) is 4.03. The topological polar surface area (TPSA) is 52.5 Å². The first-order valence-electron chi connectivity index (χ1n) is 13.3. The van der Waals surface area contributed by atoms with Crippen LogP contribution in [0.2, 0.25) is 0 Å². The van der Waals surface area contributed by atoms with E-state index in [0.29, 0.717) is 13.2 Å². The van der Waals surface area contributed by atoms with Gasteiger partial charge in [-0.3, -0.25) is 0 Å². The number of aliphatic hydroxyl groups excluding tert-OH is 2. The first kappa shape index (κ1) is 28.9. The average Bonchev–Trinajstić information content (AvgIpc) is 2.74. The summed E-state index contributed by atoms with van der Waals surface area (Å²) in [6.45, 7) is 3.13. The molecule has 0 amide bonds. The molecule has 0 bridgehead atoms. The van der Waals surface area contributed by atoms with E-state index in [-0.39, 0.29) is 0 Å². The molecule has 0 fully saturated rings. The molecule has 0 rings (SSSR count). The molecule has 0 aromatic rings. The second kappa shape index (κ2) is 27.9. The monoisotopic (exact) mass is 413 g/mol. The number of rotatable bonds is 26. The summed E-state index contributed by atoms with van der Waals surface area (Å²) in [4.78, 5) is 0. The van der Waals surface area contributed by atoms with Gasteiger partial charge in [0.25, 0.3) is 0 Å². The van der Waals surface area contributed by atoms with Gasteiger partial charge in [-0.25, -0.2) is 0 Å². The minimum Gasteiger partial charge on any atom is -0.396 e. The smallest absolute Gasteiger partial charge is 0.0431 e. The van der Waals surface area contributed by atoms with Gasteiger partial charge in [-0.2, -0.15) is 0 Å². The average molecular weight is 414 g/mol. The van der Waals surface area contributed by atoms with Gasteiger partial charge in [0.2, 0.25) is 0 Å². The van der Waals surface area contributed by atoms with Gasteiger partial charge >= 0.3 is 0 Å². The molecule has 0 heterocycles. The van der Waals surface area contributed by atoms with Crippen LogP contribution in [0.5, 0.6) is 0 Å². The lowest BCUT2D eigenvalue weighted by Crippen LogP contribution is -2.16. The molecule has 29 heavy (non-hydrogen) atoms. The molecule has 0 aromatic heterocycles. The number of hydrogen-bond donors (Lipinski definition) is 3. The summed E-state index contributed by atoms with van der Waals surface area (Å²) in [5.74, 6) is 0. The highest BCUT2D eigenvalue weighted by atomic mass is 16.3. The van der Waals surface area contributed by atoms with E-state index in [1.807, 2.05) is 0 Å². The fourth-order valence-electron chi connectivity index (χ4n) is 4.03. The van der Waals surface area contributed by atoms with Crippen LogP contribution in [-0.4, -0.2) is 36.5 Å². The van der Waals surface area contributed by atoms with Crippen molar-refractivity contribution in [2.24, 2.45) is 0 Å². The van der Waals surface area contributed by atoms with E-state index in [1.54, 1.807) is 0 Å². The Morgan fingerprint density at radius 2 is 0.483 bits per heavy atom. The summed E-state index contributed by atoms with van der Waals surface area (Å²) in [5, 5.41) is 21.1. The first-order valence-corrected chi connectivity index (χ1v) is 13.3. The van der Waals surface area contributed by atoms with Gasteiger partial charge in [0.1, 0.15) is 0 Å². The van der Waals surface area contributed by atoms with Gasteiger partial charge in [-0.05, 0) is 38.8 Å². The second-order valence-corrected chi connectivity index (χ2v) is 8.98. The Hall–Kier alpha value is -0.120. The van der Waals surface area contributed by atoms with Crippen LogP contribution in [0.4, 0.5) is 0 Å². The Morgan fingerprint density at radius 3 is 0.724 bits per heavy atom. The minimum absolute atomic E-state index is 0.361. The van der Waals surface area contributed by atoms with E-state index < -0.39 is 0 Å². The third kappa shape index (κ3) is 27.9. The van der Waals surface area contributed by atoms with Crippen molar-refractivity contribution >= 4 is 0 Å².